The van der Waals surface area contributed by atoms with Gasteiger partial charge >= 0.3 is 12.4 Å². The Labute approximate surface area is 238 Å². The molecule has 8 nitrogen and oxygen atoms in total. The molecular weight excluding hydrogens is 590 g/mol. The minimum absolute atomic E-state index is 0.0950. The number of unbranched alkanes of at least 4 members (excludes halogenated alkanes) is 1. The van der Waals surface area contributed by atoms with Gasteiger partial charge in [-0.15, -0.1) is 0 Å². The van der Waals surface area contributed by atoms with Gasteiger partial charge < -0.3 is 5.32 Å². The van der Waals surface area contributed by atoms with E-state index in [9.17, 15) is 44.3 Å². The van der Waals surface area contributed by atoms with Crippen molar-refractivity contribution in [3.8, 4) is 0 Å². The number of hydrogen-bond donors (Lipinski definition) is 2. The Morgan fingerprint density at radius 3 is 2.26 bits per heavy atom. The number of benzene rings is 1. The molecule has 2 N–H and O–H groups in total. The molecule has 1 saturated carbocycles. The number of aryl methyl sites for hydroxylation is 1. The molecule has 4 rings (SSSR count). The van der Waals surface area contributed by atoms with Crippen molar-refractivity contribution in [1.29, 1.82) is 0 Å². The topological polar surface area (TPSA) is 110 Å². The summed E-state index contributed by atoms with van der Waals surface area (Å²) in [6, 6.07) is 6.12. The van der Waals surface area contributed by atoms with Crippen molar-refractivity contribution in [3.63, 3.8) is 0 Å². The minimum atomic E-state index is -5.08. The van der Waals surface area contributed by atoms with Crippen molar-refractivity contribution in [2.45, 2.75) is 88.0 Å². The van der Waals surface area contributed by atoms with Crippen molar-refractivity contribution >= 4 is 27.4 Å². The first kappa shape index (κ1) is 31.6. The number of carbonyl (C=O) groups excluding carboxylic acids is 2. The molecule has 1 aliphatic heterocycles. The normalized spacial score (nSPS) is 20.2. The van der Waals surface area contributed by atoms with Crippen LogP contribution in [0.2, 0.25) is 0 Å². The second-order valence-electron chi connectivity index (χ2n) is 10.9. The summed E-state index contributed by atoms with van der Waals surface area (Å²) in [7, 11) is -4.13. The lowest BCUT2D eigenvalue weighted by Crippen LogP contribution is -2.60. The van der Waals surface area contributed by atoms with Crippen LogP contribution in [0.3, 0.4) is 0 Å². The number of carbonyl (C=O) groups is 2. The highest BCUT2D eigenvalue weighted by Crippen LogP contribution is 2.48. The zero-order chi connectivity index (χ0) is 31.1. The minimum Gasteiger partial charge on any atom is -0.334 e. The maximum absolute atomic E-state index is 14.9. The lowest BCUT2D eigenvalue weighted by atomic mass is 9.77. The molecule has 15 heteroatoms. The average Bonchev–Trinajstić information content (AvgIpc) is 3.62. The Balaban J connectivity index is 1.72. The molecule has 1 aliphatic carbocycles. The molecule has 1 fully saturated rings. The lowest BCUT2D eigenvalue weighted by Gasteiger charge is -2.41. The summed E-state index contributed by atoms with van der Waals surface area (Å²) >= 11 is 0. The molecule has 0 spiro atoms. The van der Waals surface area contributed by atoms with Gasteiger partial charge in [0, 0.05) is 30.7 Å². The molecule has 1 aromatic carbocycles. The van der Waals surface area contributed by atoms with E-state index in [0.717, 1.165) is 12.1 Å². The first-order valence-corrected chi connectivity index (χ1v) is 14.9. The van der Waals surface area contributed by atoms with Crippen molar-refractivity contribution in [2.75, 3.05) is 0 Å². The Morgan fingerprint density at radius 2 is 1.74 bits per heavy atom. The van der Waals surface area contributed by atoms with E-state index in [2.05, 4.69) is 5.10 Å². The van der Waals surface area contributed by atoms with Gasteiger partial charge in [-0.05, 0) is 63.1 Å². The predicted molar refractivity (Wildman–Crippen MR) is 140 cm³/mol. The molecule has 1 aromatic heterocycles. The first-order chi connectivity index (χ1) is 19.4. The Bertz CT molecular complexity index is 1470. The summed E-state index contributed by atoms with van der Waals surface area (Å²) in [5, 5.41) is 5.37. The maximum Gasteiger partial charge on any atom is 0.416 e. The summed E-state index contributed by atoms with van der Waals surface area (Å²) in [5.74, 6) is -2.77. The second kappa shape index (κ2) is 11.4. The summed E-state index contributed by atoms with van der Waals surface area (Å²) in [6.45, 7) is 3.53. The molecule has 1 atom stereocenters. The van der Waals surface area contributed by atoms with E-state index in [-0.39, 0.29) is 42.1 Å². The fourth-order valence-electron chi connectivity index (χ4n) is 4.80. The SMILES string of the molecule is CC(C)n1ccc(C2=C(C(=O)NS(=O)(=O)C3CC3)C(=O)N[C@@](c3ccc(CCCCC(F)(F)F)cc3)(C(F)(F)F)C2)n1. The molecule has 2 aromatic rings. The van der Waals surface area contributed by atoms with Gasteiger partial charge in [-0.3, -0.25) is 14.3 Å². The van der Waals surface area contributed by atoms with Crippen LogP contribution in [0.1, 0.15) is 75.2 Å². The van der Waals surface area contributed by atoms with Crippen LogP contribution in [-0.2, 0) is 31.6 Å². The number of nitrogens with zero attached hydrogens (tertiary/aromatic N) is 2. The molecular formula is C27H30F6N4O4S. The van der Waals surface area contributed by atoms with Crippen LogP contribution in [0.4, 0.5) is 26.3 Å². The number of amides is 2. The van der Waals surface area contributed by atoms with Gasteiger partial charge in [-0.2, -0.15) is 31.4 Å². The molecule has 2 heterocycles. The average molecular weight is 621 g/mol. The van der Waals surface area contributed by atoms with Gasteiger partial charge in [0.15, 0.2) is 5.54 Å². The first-order valence-electron chi connectivity index (χ1n) is 13.3. The van der Waals surface area contributed by atoms with E-state index in [4.69, 9.17) is 0 Å². The van der Waals surface area contributed by atoms with Crippen LogP contribution in [0.15, 0.2) is 42.1 Å². The smallest absolute Gasteiger partial charge is 0.334 e. The number of aromatic nitrogens is 2. The van der Waals surface area contributed by atoms with Gasteiger partial charge in [0.05, 0.1) is 10.9 Å². The molecule has 42 heavy (non-hydrogen) atoms. The van der Waals surface area contributed by atoms with Crippen LogP contribution in [0.25, 0.3) is 5.57 Å². The molecule has 2 amide bonds. The zero-order valence-corrected chi connectivity index (χ0v) is 23.6. The van der Waals surface area contributed by atoms with Crippen molar-refractivity contribution < 1.29 is 44.3 Å². The molecule has 2 aliphatic rings. The third-order valence-corrected chi connectivity index (χ3v) is 9.09. The summed E-state index contributed by atoms with van der Waals surface area (Å²) in [4.78, 5) is 26.5. The van der Waals surface area contributed by atoms with Crippen molar-refractivity contribution in [3.05, 3.63) is 58.9 Å². The van der Waals surface area contributed by atoms with Crippen molar-refractivity contribution in [1.82, 2.24) is 19.8 Å². The number of alkyl halides is 6. The van der Waals surface area contributed by atoms with Crippen LogP contribution < -0.4 is 10.0 Å². The lowest BCUT2D eigenvalue weighted by molar-refractivity contribution is -0.202. The van der Waals surface area contributed by atoms with Gasteiger partial charge in [0.25, 0.3) is 11.8 Å². The number of halogens is 6. The van der Waals surface area contributed by atoms with Crippen LogP contribution >= 0.6 is 0 Å². The highest BCUT2D eigenvalue weighted by Gasteiger charge is 2.60. The number of rotatable bonds is 10. The highest BCUT2D eigenvalue weighted by atomic mass is 32.2. The quantitative estimate of drug-likeness (QED) is 0.219. The van der Waals surface area contributed by atoms with E-state index in [1.54, 1.807) is 13.8 Å². The van der Waals surface area contributed by atoms with Gasteiger partial charge in [0.2, 0.25) is 10.0 Å². The van der Waals surface area contributed by atoms with E-state index in [1.165, 1.54) is 29.1 Å². The van der Waals surface area contributed by atoms with Gasteiger partial charge in [-0.1, -0.05) is 24.3 Å². The Hall–Kier alpha value is -3.36. The fraction of sp³-hybridized carbons (Fsp3) is 0.519. The Kier molecular flexibility index (Phi) is 8.55. The maximum atomic E-state index is 14.9. The van der Waals surface area contributed by atoms with Crippen LogP contribution in [0, 0.1) is 0 Å². The fourth-order valence-corrected chi connectivity index (χ4v) is 6.08. The van der Waals surface area contributed by atoms with E-state index >= 15 is 0 Å². The molecule has 0 radical (unpaired) electrons. The molecule has 0 saturated heterocycles. The number of nitrogens with one attached hydrogen (secondary N) is 2. The monoisotopic (exact) mass is 620 g/mol. The zero-order valence-electron chi connectivity index (χ0n) is 22.8. The summed E-state index contributed by atoms with van der Waals surface area (Å²) in [5.41, 5.74) is -4.12. The molecule has 0 bridgehead atoms. The Morgan fingerprint density at radius 1 is 1.10 bits per heavy atom. The summed E-state index contributed by atoms with van der Waals surface area (Å²) < 4.78 is 110. The van der Waals surface area contributed by atoms with Crippen molar-refractivity contribution in [2.24, 2.45) is 0 Å². The second-order valence-corrected chi connectivity index (χ2v) is 12.8. The number of sulfonamides is 1. The van der Waals surface area contributed by atoms with Gasteiger partial charge in [0.1, 0.15) is 5.57 Å². The number of hydrogen-bond acceptors (Lipinski definition) is 5. The standard InChI is InChI=1S/C27H30F6N4O4S/c1-16(2)37-14-12-21(35-37)20-15-25(27(31,32)33,18-8-6-17(7-9-18)5-3-4-13-26(28,29)30)34-23(38)22(20)24(39)36-42(40,41)19-10-11-19/h6-9,12,14,16,19H,3-5,10-11,13,15H2,1-2H3,(H,34,38)(H,36,39)/t25-/m0/s1. The van der Waals surface area contributed by atoms with E-state index < -0.39 is 63.4 Å². The third-order valence-electron chi connectivity index (χ3n) is 7.28. The highest BCUT2D eigenvalue weighted by molar-refractivity contribution is 7.91. The van der Waals surface area contributed by atoms with E-state index in [0.29, 0.717) is 18.4 Å². The van der Waals surface area contributed by atoms with Crippen LogP contribution in [-0.4, -0.2) is 47.6 Å². The summed E-state index contributed by atoms with van der Waals surface area (Å²) in [6.07, 6.45) is -8.95. The predicted octanol–water partition coefficient (Wildman–Crippen LogP) is 5.08. The van der Waals surface area contributed by atoms with Gasteiger partial charge in [-0.25, -0.2) is 13.1 Å². The largest absolute Gasteiger partial charge is 0.416 e. The van der Waals surface area contributed by atoms with E-state index in [1.807, 2.05) is 10.0 Å². The molecule has 230 valence electrons. The van der Waals surface area contributed by atoms with Crippen LogP contribution in [0.5, 0.6) is 0 Å². The third kappa shape index (κ3) is 6.81. The molecule has 0 unspecified atom stereocenters.